The zero-order valence-corrected chi connectivity index (χ0v) is 6.84. The van der Waals surface area contributed by atoms with E-state index in [1.807, 2.05) is 0 Å². The maximum atomic E-state index is 10.7. The third-order valence-corrected chi connectivity index (χ3v) is 1.67. The Kier molecular flexibility index (Phi) is 3.43. The quantitative estimate of drug-likeness (QED) is 0.576. The molecule has 0 aromatic carbocycles. The molecule has 0 N–H and O–H groups in total. The Balaban J connectivity index is 2.17. The summed E-state index contributed by atoms with van der Waals surface area (Å²) in [7, 11) is -0.267. The predicted octanol–water partition coefficient (Wildman–Crippen LogP) is 1.24. The predicted molar refractivity (Wildman–Crippen MR) is 42.1 cm³/mol. The van der Waals surface area contributed by atoms with E-state index in [4.69, 9.17) is 9.31 Å². The minimum Gasteiger partial charge on any atom is -0.509 e. The van der Waals surface area contributed by atoms with Crippen LogP contribution in [-0.2, 0) is 14.1 Å². The van der Waals surface area contributed by atoms with E-state index in [0.717, 1.165) is 19.2 Å². The highest BCUT2D eigenvalue weighted by Gasteiger charge is 2.26. The first-order valence-electron chi connectivity index (χ1n) is 4.14. The molecule has 0 aromatic rings. The normalized spacial score (nSPS) is 18.3. The lowest BCUT2D eigenvalue weighted by atomic mass is 9.81. The smallest absolute Gasteiger partial charge is 0.509 e. The van der Waals surface area contributed by atoms with Crippen LogP contribution >= 0.6 is 0 Å². The molecule has 1 aliphatic heterocycles. The molecule has 0 unspecified atom stereocenters. The van der Waals surface area contributed by atoms with Gasteiger partial charge in [0.05, 0.1) is 6.42 Å². The number of hydrogen-bond donors (Lipinski definition) is 0. The molecule has 1 heterocycles. The summed E-state index contributed by atoms with van der Waals surface area (Å²) in [5, 5.41) is 0. The Hall–Kier alpha value is -0.505. The average molecular weight is 156 g/mol. The van der Waals surface area contributed by atoms with Crippen LogP contribution in [0.5, 0.6) is 0 Å². The van der Waals surface area contributed by atoms with Crippen molar-refractivity contribution >= 4 is 13.1 Å². The SMILES string of the molecule is CCCCB1OCCC(=O)O1. The molecule has 4 heteroatoms. The van der Waals surface area contributed by atoms with Crippen LogP contribution < -0.4 is 0 Å². The van der Waals surface area contributed by atoms with Crippen molar-refractivity contribution in [2.75, 3.05) is 6.61 Å². The maximum absolute atomic E-state index is 10.7. The average Bonchev–Trinajstić information content (AvgIpc) is 2.01. The number of carbonyl (C=O) groups is 1. The summed E-state index contributed by atoms with van der Waals surface area (Å²) in [6.45, 7) is 2.62. The molecular formula is C7H13BO3. The van der Waals surface area contributed by atoms with Gasteiger partial charge in [0.2, 0.25) is 0 Å². The van der Waals surface area contributed by atoms with E-state index in [2.05, 4.69) is 6.92 Å². The largest absolute Gasteiger partial charge is 0.527 e. The van der Waals surface area contributed by atoms with Crippen molar-refractivity contribution in [3.63, 3.8) is 0 Å². The number of rotatable bonds is 3. The first-order valence-corrected chi connectivity index (χ1v) is 4.14. The van der Waals surface area contributed by atoms with E-state index in [-0.39, 0.29) is 13.1 Å². The fraction of sp³-hybridized carbons (Fsp3) is 0.857. The third kappa shape index (κ3) is 2.93. The van der Waals surface area contributed by atoms with E-state index in [1.165, 1.54) is 0 Å². The highest BCUT2D eigenvalue weighted by atomic mass is 16.6. The molecule has 62 valence electrons. The Morgan fingerprint density at radius 3 is 3.09 bits per heavy atom. The van der Waals surface area contributed by atoms with Gasteiger partial charge in [0, 0.05) is 6.61 Å². The molecule has 1 fully saturated rings. The molecule has 11 heavy (non-hydrogen) atoms. The van der Waals surface area contributed by atoms with Gasteiger partial charge in [-0.3, -0.25) is 4.79 Å². The molecule has 0 radical (unpaired) electrons. The first-order chi connectivity index (χ1) is 5.33. The molecule has 0 aliphatic carbocycles. The summed E-state index contributed by atoms with van der Waals surface area (Å²) in [6, 6.07) is 0. The van der Waals surface area contributed by atoms with Gasteiger partial charge in [0.25, 0.3) is 5.97 Å². The van der Waals surface area contributed by atoms with Crippen molar-refractivity contribution in [1.29, 1.82) is 0 Å². The van der Waals surface area contributed by atoms with Crippen LogP contribution in [0.1, 0.15) is 26.2 Å². The van der Waals surface area contributed by atoms with E-state index in [1.54, 1.807) is 0 Å². The Bertz CT molecular complexity index is 138. The van der Waals surface area contributed by atoms with Crippen LogP contribution in [0.15, 0.2) is 0 Å². The van der Waals surface area contributed by atoms with Crippen LogP contribution in [0, 0.1) is 0 Å². The fourth-order valence-electron chi connectivity index (χ4n) is 1.03. The summed E-state index contributed by atoms with van der Waals surface area (Å²) in [6.07, 6.45) is 3.40. The molecule has 1 rings (SSSR count). The lowest BCUT2D eigenvalue weighted by molar-refractivity contribution is -0.139. The Morgan fingerprint density at radius 2 is 2.45 bits per heavy atom. The molecule has 0 bridgehead atoms. The maximum Gasteiger partial charge on any atom is 0.527 e. The monoisotopic (exact) mass is 156 g/mol. The second-order valence-corrected chi connectivity index (χ2v) is 2.68. The minimum atomic E-state index is -0.267. The zero-order valence-electron chi connectivity index (χ0n) is 6.84. The van der Waals surface area contributed by atoms with Gasteiger partial charge in [-0.1, -0.05) is 19.8 Å². The Labute approximate surface area is 67.2 Å². The summed E-state index contributed by atoms with van der Waals surface area (Å²) in [5.74, 6) is -0.127. The molecule has 0 aromatic heterocycles. The lowest BCUT2D eigenvalue weighted by Crippen LogP contribution is -2.32. The van der Waals surface area contributed by atoms with Crippen molar-refractivity contribution in [2.24, 2.45) is 0 Å². The second-order valence-electron chi connectivity index (χ2n) is 2.68. The van der Waals surface area contributed by atoms with Gasteiger partial charge in [-0.05, 0) is 6.32 Å². The standard InChI is InChI=1S/C7H13BO3/c1-2-3-5-8-10-6-4-7(9)11-8/h2-6H2,1H3. The van der Waals surface area contributed by atoms with Gasteiger partial charge < -0.3 is 9.31 Å². The lowest BCUT2D eigenvalue weighted by Gasteiger charge is -2.18. The van der Waals surface area contributed by atoms with E-state index in [9.17, 15) is 4.79 Å². The first kappa shape index (κ1) is 8.59. The van der Waals surface area contributed by atoms with Crippen molar-refractivity contribution in [3.05, 3.63) is 0 Å². The Morgan fingerprint density at radius 1 is 1.64 bits per heavy atom. The van der Waals surface area contributed by atoms with Crippen molar-refractivity contribution in [1.82, 2.24) is 0 Å². The molecule has 0 atom stereocenters. The van der Waals surface area contributed by atoms with Crippen molar-refractivity contribution in [2.45, 2.75) is 32.5 Å². The van der Waals surface area contributed by atoms with E-state index < -0.39 is 0 Å². The number of carbonyl (C=O) groups excluding carboxylic acids is 1. The van der Waals surface area contributed by atoms with Crippen LogP contribution in [0.25, 0.3) is 0 Å². The zero-order chi connectivity index (χ0) is 8.10. The van der Waals surface area contributed by atoms with Gasteiger partial charge in [0.15, 0.2) is 0 Å². The van der Waals surface area contributed by atoms with Gasteiger partial charge in [-0.15, -0.1) is 0 Å². The van der Waals surface area contributed by atoms with Crippen LogP contribution in [0.3, 0.4) is 0 Å². The molecule has 0 saturated carbocycles. The van der Waals surface area contributed by atoms with Crippen LogP contribution in [0.2, 0.25) is 6.32 Å². The van der Waals surface area contributed by atoms with E-state index in [0.29, 0.717) is 13.0 Å². The molecule has 1 saturated heterocycles. The highest BCUT2D eigenvalue weighted by Crippen LogP contribution is 2.09. The summed E-state index contributed by atoms with van der Waals surface area (Å²) < 4.78 is 10.1. The molecule has 0 amide bonds. The summed E-state index contributed by atoms with van der Waals surface area (Å²) in [5.41, 5.74) is 0. The van der Waals surface area contributed by atoms with Crippen molar-refractivity contribution in [3.8, 4) is 0 Å². The topological polar surface area (TPSA) is 35.5 Å². The van der Waals surface area contributed by atoms with Crippen molar-refractivity contribution < 1.29 is 14.1 Å². The van der Waals surface area contributed by atoms with Gasteiger partial charge >= 0.3 is 7.12 Å². The molecule has 0 spiro atoms. The summed E-state index contributed by atoms with van der Waals surface area (Å²) >= 11 is 0. The second kappa shape index (κ2) is 4.39. The highest BCUT2D eigenvalue weighted by molar-refractivity contribution is 6.47. The molecular weight excluding hydrogens is 143 g/mol. The number of unbranched alkanes of at least 4 members (excludes halogenated alkanes) is 1. The van der Waals surface area contributed by atoms with Gasteiger partial charge in [-0.2, -0.15) is 0 Å². The van der Waals surface area contributed by atoms with Gasteiger partial charge in [-0.25, -0.2) is 0 Å². The van der Waals surface area contributed by atoms with Crippen LogP contribution in [0.4, 0.5) is 0 Å². The molecule has 1 aliphatic rings. The fourth-order valence-corrected chi connectivity index (χ4v) is 1.03. The minimum absolute atomic E-state index is 0.127. The third-order valence-electron chi connectivity index (χ3n) is 1.67. The van der Waals surface area contributed by atoms with Crippen LogP contribution in [-0.4, -0.2) is 19.7 Å². The summed E-state index contributed by atoms with van der Waals surface area (Å²) in [4.78, 5) is 10.7. The number of hydrogen-bond acceptors (Lipinski definition) is 3. The molecule has 3 nitrogen and oxygen atoms in total. The van der Waals surface area contributed by atoms with Gasteiger partial charge in [0.1, 0.15) is 0 Å². The van der Waals surface area contributed by atoms with E-state index >= 15 is 0 Å².